The highest BCUT2D eigenvalue weighted by atomic mass is 35.5. The molecule has 170 valence electrons. The maximum absolute atomic E-state index is 12.8. The molecule has 3 rings (SSSR count). The predicted molar refractivity (Wildman–Crippen MR) is 111 cm³/mol. The zero-order chi connectivity index (χ0) is 23.5. The number of hydrogen-bond donors (Lipinski definition) is 1. The average molecular weight is 487 g/mol. The quantitative estimate of drug-likeness (QED) is 0.525. The molecule has 1 amide bonds. The van der Waals surface area contributed by atoms with Gasteiger partial charge >= 0.3 is 6.18 Å². The minimum Gasteiger partial charge on any atom is -0.468 e. The lowest BCUT2D eigenvalue weighted by molar-refractivity contribution is -0.137. The number of benzene rings is 2. The average Bonchev–Trinajstić information content (AvgIpc) is 3.25. The molecule has 1 aromatic heterocycles. The summed E-state index contributed by atoms with van der Waals surface area (Å²) < 4.78 is 70.8. The Morgan fingerprint density at radius 1 is 1.12 bits per heavy atom. The van der Waals surface area contributed by atoms with Crippen LogP contribution in [0.5, 0.6) is 0 Å². The molecular weight excluding hydrogens is 469 g/mol. The van der Waals surface area contributed by atoms with Crippen molar-refractivity contribution in [1.29, 1.82) is 0 Å². The molecule has 0 aliphatic rings. The Morgan fingerprint density at radius 2 is 1.81 bits per heavy atom. The predicted octanol–water partition coefficient (Wildman–Crippen LogP) is 4.70. The minimum atomic E-state index is -4.45. The molecule has 0 spiro atoms. The van der Waals surface area contributed by atoms with Gasteiger partial charge in [-0.25, -0.2) is 13.1 Å². The normalized spacial score (nSPS) is 12.0. The van der Waals surface area contributed by atoms with Crippen LogP contribution >= 0.6 is 11.6 Å². The van der Waals surface area contributed by atoms with Gasteiger partial charge in [-0.1, -0.05) is 23.7 Å². The summed E-state index contributed by atoms with van der Waals surface area (Å²) in [6.45, 7) is -0.0733. The summed E-state index contributed by atoms with van der Waals surface area (Å²) in [4.78, 5) is 13.8. The van der Waals surface area contributed by atoms with E-state index in [1.807, 2.05) is 0 Å². The van der Waals surface area contributed by atoms with Gasteiger partial charge in [-0.3, -0.25) is 4.79 Å². The Bertz CT molecular complexity index is 1190. The van der Waals surface area contributed by atoms with Crippen molar-refractivity contribution in [3.8, 4) is 0 Å². The Labute approximate surface area is 187 Å². The van der Waals surface area contributed by atoms with Crippen LogP contribution in [0.25, 0.3) is 0 Å². The van der Waals surface area contributed by atoms with Gasteiger partial charge in [0.2, 0.25) is 10.0 Å². The third kappa shape index (κ3) is 5.70. The number of hydrogen-bond acceptors (Lipinski definition) is 4. The number of nitrogens with one attached hydrogen (secondary N) is 1. The van der Waals surface area contributed by atoms with Gasteiger partial charge < -0.3 is 9.32 Å². The molecule has 0 saturated carbocycles. The number of furan rings is 1. The number of nitrogens with zero attached hydrogens (tertiary/aromatic N) is 1. The second kappa shape index (κ2) is 9.35. The summed E-state index contributed by atoms with van der Waals surface area (Å²) >= 11 is 6.05. The van der Waals surface area contributed by atoms with Crippen molar-refractivity contribution in [2.75, 3.05) is 7.05 Å². The molecule has 0 fully saturated rings. The second-order valence-corrected chi connectivity index (χ2v) is 9.05. The zero-order valence-electron chi connectivity index (χ0n) is 16.7. The molecule has 0 unspecified atom stereocenters. The Hall–Kier alpha value is -2.82. The highest BCUT2D eigenvalue weighted by molar-refractivity contribution is 7.89. The second-order valence-electron chi connectivity index (χ2n) is 6.91. The van der Waals surface area contributed by atoms with Gasteiger partial charge in [-0.05, 0) is 48.0 Å². The maximum atomic E-state index is 12.8. The van der Waals surface area contributed by atoms with Gasteiger partial charge in [0, 0.05) is 19.2 Å². The van der Waals surface area contributed by atoms with Crippen molar-refractivity contribution in [3.05, 3.63) is 88.3 Å². The fraction of sp³-hybridized carbons (Fsp3) is 0.190. The van der Waals surface area contributed by atoms with Gasteiger partial charge in [-0.2, -0.15) is 13.2 Å². The fourth-order valence-electron chi connectivity index (χ4n) is 2.86. The highest BCUT2D eigenvalue weighted by Crippen LogP contribution is 2.29. The first-order valence-corrected chi connectivity index (χ1v) is 11.1. The molecule has 0 aliphatic heterocycles. The molecule has 1 N–H and O–H groups in total. The smallest absolute Gasteiger partial charge is 0.416 e. The van der Waals surface area contributed by atoms with E-state index in [1.54, 1.807) is 12.1 Å². The number of amides is 1. The summed E-state index contributed by atoms with van der Waals surface area (Å²) in [6, 6.07) is 11.5. The van der Waals surface area contributed by atoms with E-state index in [1.165, 1.54) is 42.5 Å². The van der Waals surface area contributed by atoms with Crippen molar-refractivity contribution in [1.82, 2.24) is 9.62 Å². The van der Waals surface area contributed by atoms with Crippen molar-refractivity contribution >= 4 is 27.5 Å². The lowest BCUT2D eigenvalue weighted by Crippen LogP contribution is -2.27. The van der Waals surface area contributed by atoms with Crippen molar-refractivity contribution in [2.24, 2.45) is 0 Å². The highest BCUT2D eigenvalue weighted by Gasteiger charge is 2.30. The molecule has 0 aliphatic carbocycles. The van der Waals surface area contributed by atoms with Gasteiger partial charge in [0.25, 0.3) is 5.91 Å². The fourth-order valence-corrected chi connectivity index (χ4v) is 4.38. The van der Waals surface area contributed by atoms with E-state index in [-0.39, 0.29) is 28.6 Å². The zero-order valence-corrected chi connectivity index (χ0v) is 18.3. The van der Waals surface area contributed by atoms with E-state index in [0.29, 0.717) is 11.3 Å². The summed E-state index contributed by atoms with van der Waals surface area (Å²) in [5.74, 6) is -0.128. The first-order chi connectivity index (χ1) is 15.0. The van der Waals surface area contributed by atoms with Crippen LogP contribution in [0.2, 0.25) is 5.02 Å². The third-order valence-corrected chi connectivity index (χ3v) is 6.41. The Kier molecular flexibility index (Phi) is 6.97. The van der Waals surface area contributed by atoms with Gasteiger partial charge in [0.15, 0.2) is 0 Å². The number of carbonyl (C=O) groups excluding carboxylic acids is 1. The van der Waals surface area contributed by atoms with Crippen LogP contribution in [-0.4, -0.2) is 26.3 Å². The van der Waals surface area contributed by atoms with Crippen LogP contribution < -0.4 is 4.72 Å². The summed E-state index contributed by atoms with van der Waals surface area (Å²) in [6.07, 6.45) is -3.04. The Morgan fingerprint density at radius 3 is 2.41 bits per heavy atom. The molecule has 0 radical (unpaired) electrons. The maximum Gasteiger partial charge on any atom is 0.416 e. The summed E-state index contributed by atoms with van der Waals surface area (Å²) in [7, 11) is -2.59. The summed E-state index contributed by atoms with van der Waals surface area (Å²) in [5, 5.41) is -0.0705. The molecule has 0 bridgehead atoms. The molecule has 0 atom stereocenters. The van der Waals surface area contributed by atoms with E-state index in [4.69, 9.17) is 16.0 Å². The van der Waals surface area contributed by atoms with E-state index >= 15 is 0 Å². The van der Waals surface area contributed by atoms with Crippen molar-refractivity contribution < 1.29 is 30.8 Å². The topological polar surface area (TPSA) is 79.6 Å². The number of rotatable bonds is 7. The van der Waals surface area contributed by atoms with E-state index in [2.05, 4.69) is 4.72 Å². The van der Waals surface area contributed by atoms with Gasteiger partial charge in [0.1, 0.15) is 10.7 Å². The molecule has 0 saturated heterocycles. The number of halogens is 4. The van der Waals surface area contributed by atoms with Crippen LogP contribution in [0.4, 0.5) is 13.2 Å². The Balaban J connectivity index is 1.75. The van der Waals surface area contributed by atoms with E-state index in [9.17, 15) is 26.4 Å². The van der Waals surface area contributed by atoms with Crippen LogP contribution in [0.3, 0.4) is 0 Å². The minimum absolute atomic E-state index is 0.0262. The largest absolute Gasteiger partial charge is 0.468 e. The van der Waals surface area contributed by atoms with Crippen molar-refractivity contribution in [2.45, 2.75) is 24.2 Å². The number of carbonyl (C=O) groups is 1. The SMILES string of the molecule is CN(Cc1ccc(C(F)(F)F)cc1)C(=O)c1ccc(Cl)c(S(=O)(=O)NCc2ccco2)c1. The van der Waals surface area contributed by atoms with E-state index < -0.39 is 27.7 Å². The summed E-state index contributed by atoms with van der Waals surface area (Å²) in [5.41, 5.74) is -0.247. The molecular formula is C21H18ClF3N2O4S. The molecule has 11 heteroatoms. The molecule has 6 nitrogen and oxygen atoms in total. The first-order valence-electron chi connectivity index (χ1n) is 9.20. The van der Waals surface area contributed by atoms with Crippen LogP contribution in [0.15, 0.2) is 70.2 Å². The van der Waals surface area contributed by atoms with Crippen LogP contribution in [0.1, 0.15) is 27.2 Å². The standard InChI is InChI=1S/C21H18ClF3N2O4S/c1-27(13-14-4-7-16(8-5-14)21(23,24)25)20(28)15-6-9-18(22)19(11-15)32(29,30)26-12-17-3-2-10-31-17/h2-11,26H,12-13H2,1H3. The van der Waals surface area contributed by atoms with E-state index in [0.717, 1.165) is 18.2 Å². The molecule has 1 heterocycles. The van der Waals surface area contributed by atoms with Crippen LogP contribution in [-0.2, 0) is 29.3 Å². The molecule has 32 heavy (non-hydrogen) atoms. The molecule has 3 aromatic rings. The monoisotopic (exact) mass is 486 g/mol. The first kappa shape index (κ1) is 23.8. The lowest BCUT2D eigenvalue weighted by Gasteiger charge is -2.18. The lowest BCUT2D eigenvalue weighted by atomic mass is 10.1. The van der Waals surface area contributed by atoms with Gasteiger partial charge in [-0.15, -0.1) is 0 Å². The van der Waals surface area contributed by atoms with Gasteiger partial charge in [0.05, 0.1) is 23.4 Å². The third-order valence-electron chi connectivity index (χ3n) is 4.53. The van der Waals surface area contributed by atoms with Crippen LogP contribution in [0, 0.1) is 0 Å². The number of alkyl halides is 3. The van der Waals surface area contributed by atoms with Crippen molar-refractivity contribution in [3.63, 3.8) is 0 Å². The molecule has 2 aromatic carbocycles. The number of sulfonamides is 1.